The van der Waals surface area contributed by atoms with Crippen LogP contribution in [0.15, 0.2) is 0 Å². The molecule has 0 aliphatic carbocycles. The van der Waals surface area contributed by atoms with Crippen molar-refractivity contribution in [1.29, 1.82) is 0 Å². The second-order valence-electron chi connectivity index (χ2n) is 6.54. The quantitative estimate of drug-likeness (QED) is 0.713. The number of amides is 3. The van der Waals surface area contributed by atoms with E-state index in [1.807, 2.05) is 13.8 Å². The van der Waals surface area contributed by atoms with Crippen molar-refractivity contribution in [2.75, 3.05) is 19.6 Å². The first-order valence-electron chi connectivity index (χ1n) is 8.66. The van der Waals surface area contributed by atoms with Gasteiger partial charge in [-0.25, -0.2) is 9.48 Å². The molecular formula is C15H25N7O2. The van der Waals surface area contributed by atoms with E-state index in [4.69, 9.17) is 0 Å². The lowest BCUT2D eigenvalue weighted by atomic mass is 9.76. The van der Waals surface area contributed by atoms with E-state index in [2.05, 4.69) is 26.2 Å². The SMILES string of the molecule is CC[C@]1(C2CCNCC2)NC(=O)N(CCCn2nnnc2C)C1=O. The van der Waals surface area contributed by atoms with Crippen molar-refractivity contribution in [3.05, 3.63) is 5.82 Å². The summed E-state index contributed by atoms with van der Waals surface area (Å²) >= 11 is 0. The van der Waals surface area contributed by atoms with Crippen molar-refractivity contribution >= 4 is 11.9 Å². The summed E-state index contributed by atoms with van der Waals surface area (Å²) in [6.07, 6.45) is 3.09. The summed E-state index contributed by atoms with van der Waals surface area (Å²) in [5, 5.41) is 17.6. The molecule has 2 N–H and O–H groups in total. The van der Waals surface area contributed by atoms with E-state index in [9.17, 15) is 9.59 Å². The molecule has 0 spiro atoms. The van der Waals surface area contributed by atoms with Crippen molar-refractivity contribution in [3.8, 4) is 0 Å². The van der Waals surface area contributed by atoms with Gasteiger partial charge in [0.05, 0.1) is 0 Å². The highest BCUT2D eigenvalue weighted by Crippen LogP contribution is 2.34. The summed E-state index contributed by atoms with van der Waals surface area (Å²) in [5.74, 6) is 0.854. The number of urea groups is 1. The maximum absolute atomic E-state index is 13.0. The molecule has 0 saturated carbocycles. The second-order valence-corrected chi connectivity index (χ2v) is 6.54. The number of tetrazole rings is 1. The molecule has 0 radical (unpaired) electrons. The van der Waals surface area contributed by atoms with Crippen molar-refractivity contribution in [2.45, 2.75) is 51.6 Å². The first kappa shape index (κ1) is 16.8. The van der Waals surface area contributed by atoms with Crippen LogP contribution in [0.25, 0.3) is 0 Å². The van der Waals surface area contributed by atoms with Gasteiger partial charge in [-0.1, -0.05) is 6.92 Å². The topological polar surface area (TPSA) is 105 Å². The van der Waals surface area contributed by atoms with Crippen LogP contribution in [0.5, 0.6) is 0 Å². The molecule has 1 aromatic heterocycles. The third-order valence-corrected chi connectivity index (χ3v) is 5.26. The fraction of sp³-hybridized carbons (Fsp3) is 0.800. The molecule has 0 aromatic carbocycles. The molecule has 2 aliphatic rings. The predicted octanol–water partition coefficient (Wildman–Crippen LogP) is 0.0718. The van der Waals surface area contributed by atoms with E-state index in [1.165, 1.54) is 4.90 Å². The van der Waals surface area contributed by atoms with Gasteiger partial charge < -0.3 is 10.6 Å². The summed E-state index contributed by atoms with van der Waals surface area (Å²) in [6.45, 7) is 6.57. The molecule has 3 heterocycles. The lowest BCUT2D eigenvalue weighted by molar-refractivity contribution is -0.133. The van der Waals surface area contributed by atoms with Crippen LogP contribution in [0, 0.1) is 12.8 Å². The smallest absolute Gasteiger partial charge is 0.323 e. The first-order valence-corrected chi connectivity index (χ1v) is 8.66. The van der Waals surface area contributed by atoms with Gasteiger partial charge in [-0.2, -0.15) is 0 Å². The second kappa shape index (κ2) is 6.84. The van der Waals surface area contributed by atoms with Crippen molar-refractivity contribution < 1.29 is 9.59 Å². The Morgan fingerprint density at radius 2 is 2.00 bits per heavy atom. The van der Waals surface area contributed by atoms with Crippen LogP contribution in [-0.2, 0) is 11.3 Å². The van der Waals surface area contributed by atoms with Gasteiger partial charge in [0.25, 0.3) is 5.91 Å². The van der Waals surface area contributed by atoms with Gasteiger partial charge >= 0.3 is 6.03 Å². The largest absolute Gasteiger partial charge is 0.325 e. The number of aryl methyl sites for hydroxylation is 2. The zero-order valence-corrected chi connectivity index (χ0v) is 14.3. The van der Waals surface area contributed by atoms with Crippen LogP contribution in [0.3, 0.4) is 0 Å². The number of carbonyl (C=O) groups is 2. The average Bonchev–Trinajstić information content (AvgIpc) is 3.11. The maximum Gasteiger partial charge on any atom is 0.325 e. The van der Waals surface area contributed by atoms with E-state index in [0.29, 0.717) is 25.9 Å². The molecule has 0 unspecified atom stereocenters. The number of hydrogen-bond acceptors (Lipinski definition) is 6. The van der Waals surface area contributed by atoms with Crippen LogP contribution in [0.4, 0.5) is 4.79 Å². The Morgan fingerprint density at radius 3 is 2.62 bits per heavy atom. The lowest BCUT2D eigenvalue weighted by Gasteiger charge is -2.37. The maximum atomic E-state index is 13.0. The number of aromatic nitrogens is 4. The number of nitrogens with zero attached hydrogens (tertiary/aromatic N) is 5. The molecule has 2 saturated heterocycles. The van der Waals surface area contributed by atoms with Gasteiger partial charge in [-0.3, -0.25) is 9.69 Å². The highest BCUT2D eigenvalue weighted by molar-refractivity contribution is 6.07. The minimum Gasteiger partial charge on any atom is -0.323 e. The van der Waals surface area contributed by atoms with Crippen LogP contribution in [-0.4, -0.2) is 62.2 Å². The first-order chi connectivity index (χ1) is 11.6. The van der Waals surface area contributed by atoms with Gasteiger partial charge in [0, 0.05) is 13.1 Å². The molecule has 1 atom stereocenters. The molecule has 3 amide bonds. The zero-order valence-electron chi connectivity index (χ0n) is 14.3. The summed E-state index contributed by atoms with van der Waals surface area (Å²) in [6, 6.07) is -0.270. The standard InChI is InChI=1S/C15H25N7O2/c1-3-15(12-5-7-16-8-6-12)13(23)21(14(24)17-15)9-4-10-22-11(2)18-19-20-22/h12,16H,3-10H2,1-2H3,(H,17,24)/t15-/m1/s1. The molecule has 3 rings (SSSR count). The monoisotopic (exact) mass is 335 g/mol. The Labute approximate surface area is 141 Å². The molecule has 9 heteroatoms. The number of nitrogens with one attached hydrogen (secondary N) is 2. The molecule has 2 fully saturated rings. The fourth-order valence-electron chi connectivity index (χ4n) is 3.80. The number of rotatable bonds is 6. The van der Waals surface area contributed by atoms with Gasteiger partial charge in [-0.05, 0) is 62.0 Å². The Hall–Kier alpha value is -2.03. The Balaban J connectivity index is 1.65. The molecule has 132 valence electrons. The predicted molar refractivity (Wildman–Crippen MR) is 86.0 cm³/mol. The minimum atomic E-state index is -0.732. The molecule has 0 bridgehead atoms. The summed E-state index contributed by atoms with van der Waals surface area (Å²) in [4.78, 5) is 26.8. The van der Waals surface area contributed by atoms with Crippen LogP contribution in [0.2, 0.25) is 0 Å². The number of hydrogen-bond donors (Lipinski definition) is 2. The van der Waals surface area contributed by atoms with Crippen molar-refractivity contribution in [1.82, 2.24) is 35.7 Å². The van der Waals surface area contributed by atoms with E-state index in [1.54, 1.807) is 4.68 Å². The van der Waals surface area contributed by atoms with E-state index < -0.39 is 5.54 Å². The van der Waals surface area contributed by atoms with Crippen LogP contribution in [0.1, 0.15) is 38.4 Å². The summed E-state index contributed by atoms with van der Waals surface area (Å²) < 4.78 is 1.68. The van der Waals surface area contributed by atoms with Gasteiger partial charge in [0.15, 0.2) is 0 Å². The van der Waals surface area contributed by atoms with Crippen molar-refractivity contribution in [2.24, 2.45) is 5.92 Å². The van der Waals surface area contributed by atoms with Gasteiger partial charge in [-0.15, -0.1) is 5.10 Å². The minimum absolute atomic E-state index is 0.0738. The summed E-state index contributed by atoms with van der Waals surface area (Å²) in [5.41, 5.74) is -0.732. The summed E-state index contributed by atoms with van der Waals surface area (Å²) in [7, 11) is 0. The molecule has 24 heavy (non-hydrogen) atoms. The third-order valence-electron chi connectivity index (χ3n) is 5.26. The number of piperidine rings is 1. The Morgan fingerprint density at radius 1 is 1.25 bits per heavy atom. The van der Waals surface area contributed by atoms with E-state index in [-0.39, 0.29) is 17.9 Å². The highest BCUT2D eigenvalue weighted by Gasteiger charge is 2.54. The van der Waals surface area contributed by atoms with Gasteiger partial charge in [0.1, 0.15) is 11.4 Å². The van der Waals surface area contributed by atoms with Crippen LogP contribution < -0.4 is 10.6 Å². The number of carbonyl (C=O) groups excluding carboxylic acids is 2. The number of imide groups is 1. The highest BCUT2D eigenvalue weighted by atomic mass is 16.2. The molecule has 9 nitrogen and oxygen atoms in total. The van der Waals surface area contributed by atoms with Crippen LogP contribution >= 0.6 is 0 Å². The van der Waals surface area contributed by atoms with E-state index >= 15 is 0 Å². The Kier molecular flexibility index (Phi) is 4.79. The normalized spacial score (nSPS) is 25.3. The molecule has 1 aromatic rings. The lowest BCUT2D eigenvalue weighted by Crippen LogP contribution is -2.55. The molecular weight excluding hydrogens is 310 g/mol. The van der Waals surface area contributed by atoms with Crippen molar-refractivity contribution in [3.63, 3.8) is 0 Å². The third kappa shape index (κ3) is 2.88. The average molecular weight is 335 g/mol. The zero-order chi connectivity index (χ0) is 17.2. The fourth-order valence-corrected chi connectivity index (χ4v) is 3.80. The van der Waals surface area contributed by atoms with Gasteiger partial charge in [0.2, 0.25) is 0 Å². The van der Waals surface area contributed by atoms with E-state index in [0.717, 1.165) is 31.8 Å². The molecule has 2 aliphatic heterocycles. The Bertz CT molecular complexity index is 611.